The lowest BCUT2D eigenvalue weighted by Crippen LogP contribution is -2.59. The molecule has 28 heavy (non-hydrogen) atoms. The van der Waals surface area contributed by atoms with Crippen LogP contribution in [0, 0.1) is 0 Å². The number of imidazole rings is 1. The second kappa shape index (κ2) is 7.87. The Morgan fingerprint density at radius 3 is 2.46 bits per heavy atom. The largest absolute Gasteiger partial charge is 0.339 e. The van der Waals surface area contributed by atoms with Crippen molar-refractivity contribution in [3.63, 3.8) is 0 Å². The number of amides is 4. The van der Waals surface area contributed by atoms with Crippen LogP contribution in [0.15, 0.2) is 17.6 Å². The molecule has 0 atom stereocenters. The standard InChI is InChI=1S/C16H24N6O5S/c1-3-19-8-10-22(15(24)14(19)23)16(25)20-5-4-6-21(9-7-20)28(26,27)13-11-18(2)12-17-13/h11-12H,3-10H2,1-2H3. The van der Waals surface area contributed by atoms with Crippen LogP contribution in [0.1, 0.15) is 13.3 Å². The number of carbonyl (C=O) groups excluding carboxylic acids is 3. The maximum absolute atomic E-state index is 12.8. The first-order chi connectivity index (χ1) is 13.3. The van der Waals surface area contributed by atoms with E-state index in [-0.39, 0.29) is 31.2 Å². The number of carbonyl (C=O) groups is 3. The number of aromatic nitrogens is 2. The molecule has 0 N–H and O–H groups in total. The molecular formula is C16H24N6O5S. The molecule has 0 aromatic carbocycles. The molecule has 3 heterocycles. The van der Waals surface area contributed by atoms with Crippen molar-refractivity contribution >= 4 is 27.9 Å². The number of nitrogens with zero attached hydrogens (tertiary/aromatic N) is 6. The van der Waals surface area contributed by atoms with Crippen LogP contribution in [0.2, 0.25) is 0 Å². The Bertz CT molecular complexity index is 882. The fourth-order valence-electron chi connectivity index (χ4n) is 3.31. The molecule has 0 bridgehead atoms. The van der Waals surface area contributed by atoms with Crippen molar-refractivity contribution in [3.8, 4) is 0 Å². The van der Waals surface area contributed by atoms with Gasteiger partial charge in [-0.3, -0.25) is 14.5 Å². The van der Waals surface area contributed by atoms with Crippen LogP contribution < -0.4 is 0 Å². The number of aryl methyl sites for hydroxylation is 1. The van der Waals surface area contributed by atoms with Crippen LogP contribution in [-0.4, -0.2) is 101 Å². The normalized spacial score (nSPS) is 19.9. The molecule has 2 aliphatic heterocycles. The van der Waals surface area contributed by atoms with E-state index in [1.54, 1.807) is 18.5 Å². The molecule has 12 heteroatoms. The van der Waals surface area contributed by atoms with Crippen molar-refractivity contribution in [3.05, 3.63) is 12.5 Å². The minimum Gasteiger partial charge on any atom is -0.339 e. The predicted octanol–water partition coefficient (Wildman–Crippen LogP) is -1.07. The molecule has 0 radical (unpaired) electrons. The Labute approximate surface area is 163 Å². The van der Waals surface area contributed by atoms with Crippen LogP contribution in [0.5, 0.6) is 0 Å². The molecule has 0 spiro atoms. The summed E-state index contributed by atoms with van der Waals surface area (Å²) in [5.41, 5.74) is 0. The van der Waals surface area contributed by atoms with E-state index in [1.165, 1.54) is 26.6 Å². The monoisotopic (exact) mass is 412 g/mol. The molecule has 3 rings (SSSR count). The first kappa shape index (κ1) is 20.3. The lowest BCUT2D eigenvalue weighted by atomic mass is 10.3. The predicted molar refractivity (Wildman–Crippen MR) is 97.5 cm³/mol. The summed E-state index contributed by atoms with van der Waals surface area (Å²) in [5.74, 6) is -1.52. The van der Waals surface area contributed by atoms with E-state index in [1.807, 2.05) is 0 Å². The number of likely N-dealkylation sites (N-methyl/N-ethyl adjacent to an activating group) is 1. The van der Waals surface area contributed by atoms with E-state index < -0.39 is 27.9 Å². The Hall–Kier alpha value is -2.47. The van der Waals surface area contributed by atoms with Crippen LogP contribution in [0.25, 0.3) is 0 Å². The quantitative estimate of drug-likeness (QED) is 0.584. The van der Waals surface area contributed by atoms with Gasteiger partial charge in [0.05, 0.1) is 6.33 Å². The molecule has 0 saturated carbocycles. The minimum atomic E-state index is -3.75. The summed E-state index contributed by atoms with van der Waals surface area (Å²) in [7, 11) is -2.06. The van der Waals surface area contributed by atoms with Gasteiger partial charge in [0.25, 0.3) is 10.0 Å². The van der Waals surface area contributed by atoms with Crippen molar-refractivity contribution in [2.75, 3.05) is 45.8 Å². The lowest BCUT2D eigenvalue weighted by Gasteiger charge is -2.34. The topological polar surface area (TPSA) is 116 Å². The summed E-state index contributed by atoms with van der Waals surface area (Å²) in [5, 5.41) is -0.0359. The molecular weight excluding hydrogens is 388 g/mol. The van der Waals surface area contributed by atoms with Crippen molar-refractivity contribution in [2.24, 2.45) is 7.05 Å². The first-order valence-electron chi connectivity index (χ1n) is 9.13. The number of piperazine rings is 1. The summed E-state index contributed by atoms with van der Waals surface area (Å²) in [4.78, 5) is 44.7. The molecule has 1 aromatic heterocycles. The molecule has 2 saturated heterocycles. The van der Waals surface area contributed by atoms with E-state index in [9.17, 15) is 22.8 Å². The summed E-state index contributed by atoms with van der Waals surface area (Å²) >= 11 is 0. The third-order valence-electron chi connectivity index (χ3n) is 4.93. The molecule has 154 valence electrons. The van der Waals surface area contributed by atoms with Crippen molar-refractivity contribution in [1.82, 2.24) is 28.6 Å². The highest BCUT2D eigenvalue weighted by Crippen LogP contribution is 2.17. The average Bonchev–Trinajstić information content (AvgIpc) is 2.96. The molecule has 2 aliphatic rings. The van der Waals surface area contributed by atoms with E-state index >= 15 is 0 Å². The summed E-state index contributed by atoms with van der Waals surface area (Å²) in [6.07, 6.45) is 3.27. The van der Waals surface area contributed by atoms with Gasteiger partial charge in [-0.2, -0.15) is 4.31 Å². The Balaban J connectivity index is 1.67. The van der Waals surface area contributed by atoms with E-state index in [0.29, 0.717) is 26.1 Å². The summed E-state index contributed by atoms with van der Waals surface area (Å²) < 4.78 is 28.3. The van der Waals surface area contributed by atoms with Gasteiger partial charge in [0.15, 0.2) is 5.03 Å². The Kier molecular flexibility index (Phi) is 5.70. The van der Waals surface area contributed by atoms with Crippen LogP contribution >= 0.6 is 0 Å². The maximum Gasteiger partial charge on any atom is 0.327 e. The van der Waals surface area contributed by atoms with Gasteiger partial charge in [0.1, 0.15) is 0 Å². The second-order valence-corrected chi connectivity index (χ2v) is 8.63. The highest BCUT2D eigenvalue weighted by atomic mass is 32.2. The van der Waals surface area contributed by atoms with Gasteiger partial charge in [-0.05, 0) is 13.3 Å². The highest BCUT2D eigenvalue weighted by molar-refractivity contribution is 7.89. The molecule has 11 nitrogen and oxygen atoms in total. The maximum atomic E-state index is 12.8. The minimum absolute atomic E-state index is 0.0359. The third kappa shape index (κ3) is 3.74. The summed E-state index contributed by atoms with van der Waals surface area (Å²) in [6, 6.07) is -0.550. The van der Waals surface area contributed by atoms with Crippen molar-refractivity contribution in [2.45, 2.75) is 18.4 Å². The fraction of sp³-hybridized carbons (Fsp3) is 0.625. The number of hydrogen-bond donors (Lipinski definition) is 0. The number of hydrogen-bond acceptors (Lipinski definition) is 6. The van der Waals surface area contributed by atoms with Crippen LogP contribution in [0.3, 0.4) is 0 Å². The Morgan fingerprint density at radius 2 is 1.82 bits per heavy atom. The fourth-order valence-corrected chi connectivity index (χ4v) is 4.75. The zero-order valence-electron chi connectivity index (χ0n) is 15.9. The Morgan fingerprint density at radius 1 is 1.07 bits per heavy atom. The van der Waals surface area contributed by atoms with Crippen molar-refractivity contribution < 1.29 is 22.8 Å². The molecule has 2 fully saturated rings. The SMILES string of the molecule is CCN1CCN(C(=O)N2CCCN(S(=O)(=O)c3cn(C)cn3)CC2)C(=O)C1=O. The number of urea groups is 1. The zero-order valence-corrected chi connectivity index (χ0v) is 16.8. The first-order valence-corrected chi connectivity index (χ1v) is 10.6. The molecule has 0 unspecified atom stereocenters. The average molecular weight is 412 g/mol. The van der Waals surface area contributed by atoms with Crippen LogP contribution in [-0.2, 0) is 26.7 Å². The van der Waals surface area contributed by atoms with Gasteiger partial charge in [0, 0.05) is 59.1 Å². The molecule has 1 aromatic rings. The van der Waals surface area contributed by atoms with Crippen LogP contribution in [0.4, 0.5) is 4.79 Å². The van der Waals surface area contributed by atoms with E-state index in [2.05, 4.69) is 4.98 Å². The molecule has 4 amide bonds. The second-order valence-electron chi connectivity index (χ2n) is 6.75. The number of rotatable bonds is 3. The van der Waals surface area contributed by atoms with Gasteiger partial charge in [-0.25, -0.2) is 18.2 Å². The smallest absolute Gasteiger partial charge is 0.327 e. The van der Waals surface area contributed by atoms with Gasteiger partial charge in [0.2, 0.25) is 0 Å². The number of imide groups is 1. The molecule has 0 aliphatic carbocycles. The van der Waals surface area contributed by atoms with Gasteiger partial charge in [-0.1, -0.05) is 0 Å². The number of sulfonamides is 1. The van der Waals surface area contributed by atoms with Gasteiger partial charge < -0.3 is 14.4 Å². The van der Waals surface area contributed by atoms with Crippen molar-refractivity contribution in [1.29, 1.82) is 0 Å². The van der Waals surface area contributed by atoms with E-state index in [4.69, 9.17) is 0 Å². The summed E-state index contributed by atoms with van der Waals surface area (Å²) in [6.45, 7) is 3.43. The van der Waals surface area contributed by atoms with Gasteiger partial charge >= 0.3 is 17.8 Å². The highest BCUT2D eigenvalue weighted by Gasteiger charge is 2.38. The third-order valence-corrected chi connectivity index (χ3v) is 6.72. The zero-order chi connectivity index (χ0) is 20.5. The van der Waals surface area contributed by atoms with Gasteiger partial charge in [-0.15, -0.1) is 0 Å². The lowest BCUT2D eigenvalue weighted by molar-refractivity contribution is -0.153. The van der Waals surface area contributed by atoms with E-state index in [0.717, 1.165) is 4.90 Å².